The van der Waals surface area contributed by atoms with E-state index in [4.69, 9.17) is 14.2 Å². The molecule has 408 valence electrons. The van der Waals surface area contributed by atoms with Crippen molar-refractivity contribution in [3.8, 4) is 0 Å². The topological polar surface area (TPSA) is 78.9 Å². The molecule has 0 N–H and O–H groups in total. The van der Waals surface area contributed by atoms with Crippen LogP contribution in [-0.4, -0.2) is 37.2 Å². The molecule has 0 aliphatic heterocycles. The molecule has 0 fully saturated rings. The number of esters is 3. The molecular formula is C65H112O6. The summed E-state index contributed by atoms with van der Waals surface area (Å²) in [4.78, 5) is 38.1. The summed E-state index contributed by atoms with van der Waals surface area (Å²) >= 11 is 0. The van der Waals surface area contributed by atoms with E-state index in [9.17, 15) is 14.4 Å². The number of unbranched alkanes of at least 4 members (excludes halogenated alkanes) is 29. The lowest BCUT2D eigenvalue weighted by molar-refractivity contribution is -0.167. The lowest BCUT2D eigenvalue weighted by Crippen LogP contribution is -2.30. The fourth-order valence-electron chi connectivity index (χ4n) is 8.42. The monoisotopic (exact) mass is 989 g/mol. The molecule has 0 aliphatic rings. The van der Waals surface area contributed by atoms with Crippen LogP contribution in [0.1, 0.15) is 290 Å². The minimum absolute atomic E-state index is 0.0756. The Kier molecular flexibility index (Phi) is 56.3. The Balaban J connectivity index is 4.24. The molecule has 6 nitrogen and oxygen atoms in total. The standard InChI is InChI=1S/C65H112O6/c1-4-7-10-13-16-19-22-25-26-27-28-29-30-31-32-33-34-35-36-37-38-39-40-41-44-46-49-52-55-58-64(67)70-61-62(71-65(68)59-56-53-50-47-43-24-21-18-15-12-9-6-3)60-69-63(66)57-54-51-48-45-42-23-20-17-14-11-8-5-2/h7,10,16,19,25-26,28-29,31-32,34-35,37-38,62H,4-6,8-9,11-15,17-18,20-24,27,30,33,36,39-61H2,1-3H3/b10-7-,19-16-,26-25-,29-28-,32-31-,35-34-,38-37-. The molecule has 0 aliphatic carbocycles. The number of allylic oxidation sites excluding steroid dienone is 14. The van der Waals surface area contributed by atoms with Crippen LogP contribution in [0.5, 0.6) is 0 Å². The highest BCUT2D eigenvalue weighted by Crippen LogP contribution is 2.16. The average molecular weight is 990 g/mol. The van der Waals surface area contributed by atoms with Gasteiger partial charge in [-0.2, -0.15) is 0 Å². The molecule has 0 saturated heterocycles. The van der Waals surface area contributed by atoms with Crippen molar-refractivity contribution in [2.75, 3.05) is 13.2 Å². The third-order valence-electron chi connectivity index (χ3n) is 12.9. The van der Waals surface area contributed by atoms with Gasteiger partial charge in [0.05, 0.1) is 0 Å². The third kappa shape index (κ3) is 57.4. The summed E-state index contributed by atoms with van der Waals surface area (Å²) in [5.74, 6) is -0.878. The van der Waals surface area contributed by atoms with Gasteiger partial charge < -0.3 is 14.2 Å². The first-order valence-corrected chi connectivity index (χ1v) is 30.1. The Morgan fingerprint density at radius 3 is 0.859 bits per heavy atom. The van der Waals surface area contributed by atoms with Crippen molar-refractivity contribution in [1.82, 2.24) is 0 Å². The largest absolute Gasteiger partial charge is 0.462 e. The summed E-state index contributed by atoms with van der Waals surface area (Å²) in [6.07, 6.45) is 77.2. The van der Waals surface area contributed by atoms with Gasteiger partial charge in [-0.05, 0) is 77.0 Å². The maximum atomic E-state index is 12.8. The highest BCUT2D eigenvalue weighted by atomic mass is 16.6. The maximum absolute atomic E-state index is 12.8. The lowest BCUT2D eigenvalue weighted by Gasteiger charge is -2.18. The molecule has 0 bridgehead atoms. The number of hydrogen-bond donors (Lipinski definition) is 0. The van der Waals surface area contributed by atoms with Gasteiger partial charge in [0, 0.05) is 19.3 Å². The number of carbonyl (C=O) groups excluding carboxylic acids is 3. The predicted octanol–water partition coefficient (Wildman–Crippen LogP) is 20.3. The van der Waals surface area contributed by atoms with Crippen molar-refractivity contribution >= 4 is 17.9 Å². The first-order valence-electron chi connectivity index (χ1n) is 30.1. The Morgan fingerprint density at radius 1 is 0.296 bits per heavy atom. The lowest BCUT2D eigenvalue weighted by atomic mass is 10.0. The second-order valence-corrected chi connectivity index (χ2v) is 19.9. The second-order valence-electron chi connectivity index (χ2n) is 19.9. The molecule has 71 heavy (non-hydrogen) atoms. The van der Waals surface area contributed by atoms with Gasteiger partial charge in [0.2, 0.25) is 0 Å². The normalized spacial score (nSPS) is 12.7. The van der Waals surface area contributed by atoms with E-state index in [1.807, 2.05) is 0 Å². The molecule has 6 heteroatoms. The third-order valence-corrected chi connectivity index (χ3v) is 12.9. The summed E-state index contributed by atoms with van der Waals surface area (Å²) in [6, 6.07) is 0. The Labute approximate surface area is 439 Å². The fourth-order valence-corrected chi connectivity index (χ4v) is 8.42. The van der Waals surface area contributed by atoms with Crippen molar-refractivity contribution < 1.29 is 28.6 Å². The minimum Gasteiger partial charge on any atom is -0.462 e. The minimum atomic E-state index is -0.777. The Bertz CT molecular complexity index is 1370. The Morgan fingerprint density at radius 2 is 0.549 bits per heavy atom. The van der Waals surface area contributed by atoms with Crippen LogP contribution in [0.25, 0.3) is 0 Å². The molecule has 0 aromatic carbocycles. The van der Waals surface area contributed by atoms with Crippen LogP contribution in [-0.2, 0) is 28.6 Å². The Hall–Kier alpha value is -3.41. The van der Waals surface area contributed by atoms with Crippen molar-refractivity contribution in [1.29, 1.82) is 0 Å². The smallest absolute Gasteiger partial charge is 0.306 e. The molecular weight excluding hydrogens is 877 g/mol. The van der Waals surface area contributed by atoms with E-state index >= 15 is 0 Å². The van der Waals surface area contributed by atoms with Gasteiger partial charge in [-0.3, -0.25) is 14.4 Å². The zero-order valence-electron chi connectivity index (χ0n) is 46.7. The zero-order valence-corrected chi connectivity index (χ0v) is 46.7. The summed E-state index contributed by atoms with van der Waals surface area (Å²) in [6.45, 7) is 6.53. The van der Waals surface area contributed by atoms with E-state index in [0.29, 0.717) is 19.3 Å². The zero-order chi connectivity index (χ0) is 51.4. The van der Waals surface area contributed by atoms with Gasteiger partial charge in [0.1, 0.15) is 13.2 Å². The van der Waals surface area contributed by atoms with Crippen LogP contribution < -0.4 is 0 Å². The molecule has 0 saturated carbocycles. The van der Waals surface area contributed by atoms with Crippen LogP contribution >= 0.6 is 0 Å². The first kappa shape index (κ1) is 67.6. The van der Waals surface area contributed by atoms with Gasteiger partial charge in [0.25, 0.3) is 0 Å². The van der Waals surface area contributed by atoms with Gasteiger partial charge in [0.15, 0.2) is 6.10 Å². The van der Waals surface area contributed by atoms with E-state index in [-0.39, 0.29) is 31.1 Å². The SMILES string of the molecule is CC/C=C\C/C=C\C/C=C\C/C=C\C/C=C\C/C=C\C/C=C\CCCCCCCCCC(=O)OCC(COC(=O)CCCCCCCCCCCCCC)OC(=O)CCCCCCCCCCCCCC. The maximum Gasteiger partial charge on any atom is 0.306 e. The van der Waals surface area contributed by atoms with Crippen LogP contribution in [0.2, 0.25) is 0 Å². The quantitative estimate of drug-likeness (QED) is 0.0261. The van der Waals surface area contributed by atoms with Crippen LogP contribution in [0.4, 0.5) is 0 Å². The molecule has 0 amide bonds. The average Bonchev–Trinajstić information content (AvgIpc) is 3.37. The molecule has 1 unspecified atom stereocenters. The van der Waals surface area contributed by atoms with Gasteiger partial charge in [-0.1, -0.05) is 279 Å². The van der Waals surface area contributed by atoms with Gasteiger partial charge in [-0.15, -0.1) is 0 Å². The van der Waals surface area contributed by atoms with Crippen molar-refractivity contribution in [3.63, 3.8) is 0 Å². The second kappa shape index (κ2) is 59.2. The summed E-state index contributed by atoms with van der Waals surface area (Å²) in [5, 5.41) is 0. The molecule has 0 aromatic heterocycles. The predicted molar refractivity (Wildman–Crippen MR) is 307 cm³/mol. The molecule has 1 atom stereocenters. The van der Waals surface area contributed by atoms with E-state index in [2.05, 4.69) is 106 Å². The molecule has 0 aromatic rings. The van der Waals surface area contributed by atoms with Gasteiger partial charge in [-0.25, -0.2) is 0 Å². The van der Waals surface area contributed by atoms with E-state index < -0.39 is 6.10 Å². The van der Waals surface area contributed by atoms with Gasteiger partial charge >= 0.3 is 17.9 Å². The summed E-state index contributed by atoms with van der Waals surface area (Å²) in [7, 11) is 0. The van der Waals surface area contributed by atoms with Crippen LogP contribution in [0.15, 0.2) is 85.1 Å². The number of carbonyl (C=O) groups is 3. The van der Waals surface area contributed by atoms with E-state index in [0.717, 1.165) is 109 Å². The summed E-state index contributed by atoms with van der Waals surface area (Å²) in [5.41, 5.74) is 0. The molecule has 0 heterocycles. The van der Waals surface area contributed by atoms with Crippen molar-refractivity contribution in [3.05, 3.63) is 85.1 Å². The van der Waals surface area contributed by atoms with E-state index in [1.54, 1.807) is 0 Å². The highest BCUT2D eigenvalue weighted by molar-refractivity contribution is 5.71. The molecule has 0 rings (SSSR count). The van der Waals surface area contributed by atoms with Crippen LogP contribution in [0.3, 0.4) is 0 Å². The first-order chi connectivity index (χ1) is 35.0. The van der Waals surface area contributed by atoms with Crippen molar-refractivity contribution in [2.45, 2.75) is 297 Å². The molecule has 0 spiro atoms. The highest BCUT2D eigenvalue weighted by Gasteiger charge is 2.19. The fraction of sp³-hybridized carbons (Fsp3) is 0.738. The van der Waals surface area contributed by atoms with E-state index in [1.165, 1.54) is 141 Å². The number of ether oxygens (including phenoxy) is 3. The van der Waals surface area contributed by atoms with Crippen LogP contribution in [0, 0.1) is 0 Å². The van der Waals surface area contributed by atoms with Crippen molar-refractivity contribution in [2.24, 2.45) is 0 Å². The molecule has 0 radical (unpaired) electrons. The number of rotatable bonds is 54. The number of hydrogen-bond acceptors (Lipinski definition) is 6. The summed E-state index contributed by atoms with van der Waals surface area (Å²) < 4.78 is 16.9.